The summed E-state index contributed by atoms with van der Waals surface area (Å²) in [7, 11) is 0. The van der Waals surface area contributed by atoms with E-state index in [-0.39, 0.29) is 5.41 Å². The topological polar surface area (TPSA) is 62.5 Å². The molecule has 0 atom stereocenters. The maximum atomic E-state index is 10.1. The van der Waals surface area contributed by atoms with Gasteiger partial charge in [0.15, 0.2) is 17.5 Å². The Morgan fingerprint density at radius 1 is 0.500 bits per heavy atom. The van der Waals surface area contributed by atoms with Crippen molar-refractivity contribution in [3.05, 3.63) is 138 Å². The molecule has 0 aliphatic heterocycles. The molecule has 0 N–H and O–H groups in total. The van der Waals surface area contributed by atoms with Gasteiger partial charge < -0.3 is 0 Å². The first-order valence-corrected chi connectivity index (χ1v) is 15.4. The highest BCUT2D eigenvalue weighted by Gasteiger charge is 2.45. The van der Waals surface area contributed by atoms with Crippen LogP contribution in [0.1, 0.15) is 48.8 Å². The normalized spacial score (nSPS) is 14.5. The monoisotopic (exact) mass is 566 g/mol. The third-order valence-corrected chi connectivity index (χ3v) is 9.35. The molecule has 2 aliphatic rings. The number of fused-ring (bicyclic) bond motifs is 5. The first kappa shape index (κ1) is 26.2. The fourth-order valence-electron chi connectivity index (χ4n) is 7.32. The van der Waals surface area contributed by atoms with Crippen LogP contribution in [0.5, 0.6) is 0 Å². The number of rotatable bonds is 4. The lowest BCUT2D eigenvalue weighted by Gasteiger charge is -2.36. The summed E-state index contributed by atoms with van der Waals surface area (Å²) in [4.78, 5) is 14.8. The molecule has 44 heavy (non-hydrogen) atoms. The standard InChI is InChI=1S/C40H30N4/c41-26-32-18-11-19-34-33-21-20-30(25-35(33)40(36(32)34)22-8-3-9-23-40)29-16-10-17-31(24-29)39-43-37(27-12-4-1-5-13-27)42-38(44-39)28-14-6-2-7-15-28/h1-2,4-7,10-21,24-25H,3,8-9,22-23H2. The molecule has 5 aromatic carbocycles. The quantitative estimate of drug-likeness (QED) is 0.213. The molecular weight excluding hydrogens is 536 g/mol. The van der Waals surface area contributed by atoms with Crippen LogP contribution in [0.15, 0.2) is 121 Å². The van der Waals surface area contributed by atoms with Crippen LogP contribution in [-0.2, 0) is 5.41 Å². The molecule has 1 spiro atoms. The largest absolute Gasteiger partial charge is 0.208 e. The van der Waals surface area contributed by atoms with Gasteiger partial charge in [-0.1, -0.05) is 122 Å². The van der Waals surface area contributed by atoms with E-state index < -0.39 is 0 Å². The molecular formula is C40H30N4. The van der Waals surface area contributed by atoms with Gasteiger partial charge in [0, 0.05) is 22.1 Å². The molecule has 0 unspecified atom stereocenters. The average molecular weight is 567 g/mol. The molecule has 1 fully saturated rings. The van der Waals surface area contributed by atoms with Crippen molar-refractivity contribution < 1.29 is 0 Å². The van der Waals surface area contributed by atoms with Gasteiger partial charge in [-0.15, -0.1) is 0 Å². The van der Waals surface area contributed by atoms with Gasteiger partial charge >= 0.3 is 0 Å². The molecule has 210 valence electrons. The number of aromatic nitrogens is 3. The van der Waals surface area contributed by atoms with E-state index in [9.17, 15) is 5.26 Å². The fourth-order valence-corrected chi connectivity index (χ4v) is 7.32. The maximum absolute atomic E-state index is 10.1. The predicted octanol–water partition coefficient (Wildman–Crippen LogP) is 9.64. The van der Waals surface area contributed by atoms with Crippen LogP contribution in [0, 0.1) is 11.3 Å². The van der Waals surface area contributed by atoms with Gasteiger partial charge in [0.1, 0.15) is 0 Å². The fraction of sp³-hybridized carbons (Fsp3) is 0.150. The van der Waals surface area contributed by atoms with E-state index >= 15 is 0 Å². The minimum absolute atomic E-state index is 0.0910. The Hall–Kier alpha value is -5.40. The number of benzene rings is 5. The van der Waals surface area contributed by atoms with E-state index in [1.165, 1.54) is 47.1 Å². The van der Waals surface area contributed by atoms with Gasteiger partial charge in [-0.25, -0.2) is 15.0 Å². The summed E-state index contributed by atoms with van der Waals surface area (Å²) >= 11 is 0. The molecule has 4 nitrogen and oxygen atoms in total. The van der Waals surface area contributed by atoms with Crippen LogP contribution in [0.4, 0.5) is 0 Å². The number of hydrogen-bond acceptors (Lipinski definition) is 4. The lowest BCUT2D eigenvalue weighted by atomic mass is 9.66. The molecule has 6 aromatic rings. The lowest BCUT2D eigenvalue weighted by Crippen LogP contribution is -2.29. The second-order valence-electron chi connectivity index (χ2n) is 11.9. The number of nitriles is 1. The molecule has 8 rings (SSSR count). The molecule has 1 heterocycles. The van der Waals surface area contributed by atoms with E-state index in [1.54, 1.807) is 0 Å². The van der Waals surface area contributed by atoms with E-state index in [4.69, 9.17) is 15.0 Å². The summed E-state index contributed by atoms with van der Waals surface area (Å²) in [6, 6.07) is 44.3. The summed E-state index contributed by atoms with van der Waals surface area (Å²) in [6.07, 6.45) is 5.80. The summed E-state index contributed by atoms with van der Waals surface area (Å²) in [5.41, 5.74) is 11.0. The molecule has 1 aromatic heterocycles. The average Bonchev–Trinajstić information content (AvgIpc) is 3.37. The van der Waals surface area contributed by atoms with Gasteiger partial charge in [-0.2, -0.15) is 5.26 Å². The van der Waals surface area contributed by atoms with Crippen LogP contribution in [0.2, 0.25) is 0 Å². The van der Waals surface area contributed by atoms with Gasteiger partial charge in [0.05, 0.1) is 11.6 Å². The highest BCUT2D eigenvalue weighted by atomic mass is 15.0. The summed E-state index contributed by atoms with van der Waals surface area (Å²) in [6.45, 7) is 0. The van der Waals surface area contributed by atoms with Crippen LogP contribution in [0.25, 0.3) is 56.4 Å². The van der Waals surface area contributed by atoms with Gasteiger partial charge in [-0.05, 0) is 64.4 Å². The molecule has 0 bridgehead atoms. The minimum Gasteiger partial charge on any atom is -0.208 e. The molecule has 0 saturated heterocycles. The lowest BCUT2D eigenvalue weighted by molar-refractivity contribution is 0.352. The highest BCUT2D eigenvalue weighted by molar-refractivity contribution is 5.86. The molecule has 0 amide bonds. The Morgan fingerprint density at radius 2 is 1.07 bits per heavy atom. The van der Waals surface area contributed by atoms with Crippen LogP contribution < -0.4 is 0 Å². The predicted molar refractivity (Wildman–Crippen MR) is 176 cm³/mol. The number of nitrogens with zero attached hydrogens (tertiary/aromatic N) is 4. The smallest absolute Gasteiger partial charge is 0.164 e. The first-order chi connectivity index (χ1) is 21.7. The van der Waals surface area contributed by atoms with Gasteiger partial charge in [-0.3, -0.25) is 0 Å². The summed E-state index contributed by atoms with van der Waals surface area (Å²) in [5.74, 6) is 1.96. The first-order valence-electron chi connectivity index (χ1n) is 15.4. The van der Waals surface area contributed by atoms with Crippen molar-refractivity contribution in [1.29, 1.82) is 5.26 Å². The van der Waals surface area contributed by atoms with Crippen molar-refractivity contribution in [3.63, 3.8) is 0 Å². The molecule has 2 aliphatic carbocycles. The van der Waals surface area contributed by atoms with Crippen molar-refractivity contribution in [3.8, 4) is 62.5 Å². The van der Waals surface area contributed by atoms with Crippen molar-refractivity contribution >= 4 is 0 Å². The van der Waals surface area contributed by atoms with Crippen molar-refractivity contribution in [2.75, 3.05) is 0 Å². The zero-order valence-corrected chi connectivity index (χ0v) is 24.4. The Balaban J connectivity index is 1.25. The second-order valence-corrected chi connectivity index (χ2v) is 11.9. The van der Waals surface area contributed by atoms with Crippen molar-refractivity contribution in [2.24, 2.45) is 0 Å². The third-order valence-electron chi connectivity index (χ3n) is 9.35. The zero-order chi connectivity index (χ0) is 29.5. The third kappa shape index (κ3) is 4.32. The molecule has 0 radical (unpaired) electrons. The van der Waals surface area contributed by atoms with E-state index in [2.05, 4.69) is 54.6 Å². The van der Waals surface area contributed by atoms with Crippen LogP contribution in [0.3, 0.4) is 0 Å². The molecule has 1 saturated carbocycles. The zero-order valence-electron chi connectivity index (χ0n) is 24.4. The highest BCUT2D eigenvalue weighted by Crippen LogP contribution is 2.57. The molecule has 4 heteroatoms. The van der Waals surface area contributed by atoms with Crippen LogP contribution >= 0.6 is 0 Å². The number of hydrogen-bond donors (Lipinski definition) is 0. The Labute approximate surface area is 257 Å². The Bertz CT molecular complexity index is 1990. The summed E-state index contributed by atoms with van der Waals surface area (Å²) < 4.78 is 0. The van der Waals surface area contributed by atoms with Gasteiger partial charge in [0.25, 0.3) is 0 Å². The van der Waals surface area contributed by atoms with E-state index in [0.717, 1.165) is 40.7 Å². The SMILES string of the molecule is N#Cc1cccc2c1C1(CCCCC1)c1cc(-c3cccc(-c4nc(-c5ccccc5)nc(-c5ccccc5)n4)c3)ccc1-2. The maximum Gasteiger partial charge on any atom is 0.164 e. The van der Waals surface area contributed by atoms with E-state index in [0.29, 0.717) is 17.5 Å². The Morgan fingerprint density at radius 3 is 1.73 bits per heavy atom. The van der Waals surface area contributed by atoms with Gasteiger partial charge in [0.2, 0.25) is 0 Å². The second kappa shape index (κ2) is 10.7. The summed E-state index contributed by atoms with van der Waals surface area (Å²) in [5, 5.41) is 10.1. The van der Waals surface area contributed by atoms with Crippen molar-refractivity contribution in [2.45, 2.75) is 37.5 Å². The Kier molecular flexibility index (Phi) is 6.38. The minimum atomic E-state index is -0.0910. The van der Waals surface area contributed by atoms with E-state index in [1.807, 2.05) is 72.8 Å². The van der Waals surface area contributed by atoms with Crippen LogP contribution in [-0.4, -0.2) is 15.0 Å². The van der Waals surface area contributed by atoms with Crippen molar-refractivity contribution in [1.82, 2.24) is 15.0 Å².